The molecule has 12 heavy (non-hydrogen) atoms. The fraction of sp³-hybridized carbons (Fsp3) is 0.889. The first-order chi connectivity index (χ1) is 5.74. The highest BCUT2D eigenvalue weighted by atomic mass is 16.3. The minimum absolute atomic E-state index is 0.203. The van der Waals surface area contributed by atoms with Crippen LogP contribution in [0.25, 0.3) is 0 Å². The molecule has 1 rings (SSSR count). The second-order valence-electron chi connectivity index (χ2n) is 3.39. The largest absolute Gasteiger partial charge is 0.391 e. The summed E-state index contributed by atoms with van der Waals surface area (Å²) in [6.45, 7) is 3.45. The van der Waals surface area contributed by atoms with Crippen LogP contribution in [-0.2, 0) is 4.79 Å². The molecule has 1 saturated heterocycles. The summed E-state index contributed by atoms with van der Waals surface area (Å²) in [5.41, 5.74) is 0. The minimum atomic E-state index is -0.292. The van der Waals surface area contributed by atoms with Crippen LogP contribution >= 0.6 is 0 Å². The molecule has 1 unspecified atom stereocenters. The first-order valence-electron chi connectivity index (χ1n) is 4.70. The SMILES string of the molecule is CCCCN1CC(O)CCC1=O. The van der Waals surface area contributed by atoms with Gasteiger partial charge in [-0.1, -0.05) is 13.3 Å². The van der Waals surface area contributed by atoms with E-state index in [-0.39, 0.29) is 12.0 Å². The molecular formula is C9H17NO2. The van der Waals surface area contributed by atoms with E-state index in [2.05, 4.69) is 6.92 Å². The third kappa shape index (κ3) is 2.48. The molecule has 0 aromatic rings. The molecule has 0 saturated carbocycles. The fourth-order valence-electron chi connectivity index (χ4n) is 1.46. The number of nitrogens with zero attached hydrogens (tertiary/aromatic N) is 1. The summed E-state index contributed by atoms with van der Waals surface area (Å²) in [6.07, 6.45) is 3.00. The summed E-state index contributed by atoms with van der Waals surface area (Å²) < 4.78 is 0. The Morgan fingerprint density at radius 2 is 2.42 bits per heavy atom. The van der Waals surface area contributed by atoms with Gasteiger partial charge in [0.2, 0.25) is 5.91 Å². The monoisotopic (exact) mass is 171 g/mol. The molecule has 1 fully saturated rings. The van der Waals surface area contributed by atoms with Gasteiger partial charge >= 0.3 is 0 Å². The molecule has 1 atom stereocenters. The van der Waals surface area contributed by atoms with Crippen LogP contribution in [0, 0.1) is 0 Å². The number of piperidine rings is 1. The molecule has 3 heteroatoms. The van der Waals surface area contributed by atoms with Gasteiger partial charge in [0.05, 0.1) is 6.10 Å². The van der Waals surface area contributed by atoms with Crippen molar-refractivity contribution in [3.05, 3.63) is 0 Å². The molecule has 3 nitrogen and oxygen atoms in total. The van der Waals surface area contributed by atoms with Crippen LogP contribution in [0.1, 0.15) is 32.6 Å². The fourth-order valence-corrected chi connectivity index (χ4v) is 1.46. The second kappa shape index (κ2) is 4.45. The molecule has 1 heterocycles. The number of likely N-dealkylation sites (tertiary alicyclic amines) is 1. The van der Waals surface area contributed by atoms with Gasteiger partial charge in [0.25, 0.3) is 0 Å². The van der Waals surface area contributed by atoms with Gasteiger partial charge in [0, 0.05) is 19.5 Å². The van der Waals surface area contributed by atoms with Gasteiger partial charge < -0.3 is 10.0 Å². The third-order valence-corrected chi connectivity index (χ3v) is 2.26. The summed E-state index contributed by atoms with van der Waals surface area (Å²) >= 11 is 0. The van der Waals surface area contributed by atoms with Gasteiger partial charge in [0.1, 0.15) is 0 Å². The van der Waals surface area contributed by atoms with E-state index in [9.17, 15) is 9.90 Å². The van der Waals surface area contributed by atoms with Gasteiger partial charge in [0.15, 0.2) is 0 Å². The number of aliphatic hydroxyl groups excluding tert-OH is 1. The molecule has 0 aromatic carbocycles. The van der Waals surface area contributed by atoms with Gasteiger partial charge in [-0.25, -0.2) is 0 Å². The lowest BCUT2D eigenvalue weighted by atomic mass is 10.1. The Balaban J connectivity index is 2.33. The van der Waals surface area contributed by atoms with Crippen molar-refractivity contribution in [2.45, 2.75) is 38.7 Å². The van der Waals surface area contributed by atoms with E-state index < -0.39 is 0 Å². The van der Waals surface area contributed by atoms with Crippen LogP contribution in [-0.4, -0.2) is 35.1 Å². The van der Waals surface area contributed by atoms with Crippen LogP contribution in [0.4, 0.5) is 0 Å². The predicted molar refractivity (Wildman–Crippen MR) is 46.7 cm³/mol. The second-order valence-corrected chi connectivity index (χ2v) is 3.39. The molecule has 1 aliphatic rings. The number of amides is 1. The number of unbranched alkanes of at least 4 members (excludes halogenated alkanes) is 1. The van der Waals surface area contributed by atoms with E-state index in [1.807, 2.05) is 0 Å². The minimum Gasteiger partial charge on any atom is -0.391 e. The first kappa shape index (κ1) is 9.52. The number of carbonyl (C=O) groups is 1. The van der Waals surface area contributed by atoms with Crippen molar-refractivity contribution in [2.24, 2.45) is 0 Å². The highest BCUT2D eigenvalue weighted by molar-refractivity contribution is 5.77. The quantitative estimate of drug-likeness (QED) is 0.681. The molecule has 1 amide bonds. The smallest absolute Gasteiger partial charge is 0.222 e. The van der Waals surface area contributed by atoms with Crippen molar-refractivity contribution in [3.8, 4) is 0 Å². The Labute approximate surface area is 73.4 Å². The average molecular weight is 171 g/mol. The van der Waals surface area contributed by atoms with E-state index in [0.29, 0.717) is 19.4 Å². The summed E-state index contributed by atoms with van der Waals surface area (Å²) in [5.74, 6) is 0.203. The van der Waals surface area contributed by atoms with Gasteiger partial charge in [-0.2, -0.15) is 0 Å². The normalized spacial score (nSPS) is 24.7. The number of hydrogen-bond acceptors (Lipinski definition) is 2. The number of aliphatic hydroxyl groups is 1. The number of β-amino-alcohol motifs (C(OH)–C–C–N with tert-alkyl or cyclic N) is 1. The van der Waals surface area contributed by atoms with Crippen LogP contribution in [0.2, 0.25) is 0 Å². The zero-order valence-corrected chi connectivity index (χ0v) is 7.62. The van der Waals surface area contributed by atoms with Gasteiger partial charge in [-0.3, -0.25) is 4.79 Å². The first-order valence-corrected chi connectivity index (χ1v) is 4.70. The standard InChI is InChI=1S/C9H17NO2/c1-2-3-6-10-7-8(11)4-5-9(10)12/h8,11H,2-7H2,1H3. The topological polar surface area (TPSA) is 40.5 Å². The maximum atomic E-state index is 11.3. The highest BCUT2D eigenvalue weighted by Gasteiger charge is 2.22. The molecule has 1 aliphatic heterocycles. The van der Waals surface area contributed by atoms with E-state index >= 15 is 0 Å². The van der Waals surface area contributed by atoms with Gasteiger partial charge in [-0.15, -0.1) is 0 Å². The van der Waals surface area contributed by atoms with Crippen LogP contribution in [0.5, 0.6) is 0 Å². The molecule has 0 aliphatic carbocycles. The van der Waals surface area contributed by atoms with E-state index in [1.165, 1.54) is 0 Å². The molecule has 0 spiro atoms. The van der Waals surface area contributed by atoms with Crippen LogP contribution in [0.15, 0.2) is 0 Å². The zero-order valence-electron chi connectivity index (χ0n) is 7.62. The summed E-state index contributed by atoms with van der Waals surface area (Å²) in [4.78, 5) is 13.0. The van der Waals surface area contributed by atoms with Crippen molar-refractivity contribution < 1.29 is 9.90 Å². The molecular weight excluding hydrogens is 154 g/mol. The number of carbonyl (C=O) groups excluding carboxylic acids is 1. The predicted octanol–water partition coefficient (Wildman–Crippen LogP) is 0.770. The Morgan fingerprint density at radius 1 is 1.67 bits per heavy atom. The molecule has 0 aromatic heterocycles. The lowest BCUT2D eigenvalue weighted by molar-refractivity contribution is -0.136. The van der Waals surface area contributed by atoms with Crippen LogP contribution < -0.4 is 0 Å². The van der Waals surface area contributed by atoms with Crippen molar-refractivity contribution >= 4 is 5.91 Å². The van der Waals surface area contributed by atoms with Crippen LogP contribution in [0.3, 0.4) is 0 Å². The Hall–Kier alpha value is -0.570. The van der Waals surface area contributed by atoms with Gasteiger partial charge in [-0.05, 0) is 12.8 Å². The Kier molecular flexibility index (Phi) is 3.53. The lowest BCUT2D eigenvalue weighted by Crippen LogP contribution is -2.42. The average Bonchev–Trinajstić information content (AvgIpc) is 2.07. The molecule has 70 valence electrons. The zero-order chi connectivity index (χ0) is 8.97. The summed E-state index contributed by atoms with van der Waals surface area (Å²) in [5, 5.41) is 9.30. The maximum Gasteiger partial charge on any atom is 0.222 e. The Bertz CT molecular complexity index is 159. The third-order valence-electron chi connectivity index (χ3n) is 2.26. The number of hydrogen-bond donors (Lipinski definition) is 1. The summed E-state index contributed by atoms with van der Waals surface area (Å²) in [7, 11) is 0. The molecule has 0 radical (unpaired) electrons. The van der Waals surface area contributed by atoms with Crippen molar-refractivity contribution in [2.75, 3.05) is 13.1 Å². The van der Waals surface area contributed by atoms with E-state index in [0.717, 1.165) is 19.4 Å². The van der Waals surface area contributed by atoms with E-state index in [4.69, 9.17) is 0 Å². The van der Waals surface area contributed by atoms with Crippen molar-refractivity contribution in [3.63, 3.8) is 0 Å². The van der Waals surface area contributed by atoms with Crippen molar-refractivity contribution in [1.29, 1.82) is 0 Å². The highest BCUT2D eigenvalue weighted by Crippen LogP contribution is 2.11. The molecule has 0 bridgehead atoms. The van der Waals surface area contributed by atoms with E-state index in [1.54, 1.807) is 4.90 Å². The number of rotatable bonds is 3. The van der Waals surface area contributed by atoms with Crippen molar-refractivity contribution in [1.82, 2.24) is 4.90 Å². The maximum absolute atomic E-state index is 11.3. The Morgan fingerprint density at radius 3 is 3.08 bits per heavy atom. The molecule has 1 N–H and O–H groups in total. The lowest BCUT2D eigenvalue weighted by Gasteiger charge is -2.29. The summed E-state index contributed by atoms with van der Waals surface area (Å²) in [6, 6.07) is 0.